The van der Waals surface area contributed by atoms with Gasteiger partial charge in [0.2, 0.25) is 0 Å². The van der Waals surface area contributed by atoms with Crippen molar-refractivity contribution in [3.8, 4) is 0 Å². The lowest BCUT2D eigenvalue weighted by molar-refractivity contribution is 0.124. The number of aliphatic hydroxyl groups excluding tert-OH is 1. The van der Waals surface area contributed by atoms with Gasteiger partial charge >= 0.3 is 0 Å². The molecule has 0 radical (unpaired) electrons. The molecule has 1 fully saturated rings. The highest BCUT2D eigenvalue weighted by atomic mass is 16.3. The van der Waals surface area contributed by atoms with Gasteiger partial charge in [-0.15, -0.1) is 0 Å². The van der Waals surface area contributed by atoms with Crippen LogP contribution in [0.25, 0.3) is 0 Å². The second kappa shape index (κ2) is 5.35. The number of piperidine rings is 1. The summed E-state index contributed by atoms with van der Waals surface area (Å²) in [6, 6.07) is 10.8. The average Bonchev–Trinajstić information content (AvgIpc) is 2.39. The van der Waals surface area contributed by atoms with Crippen molar-refractivity contribution in [3.63, 3.8) is 0 Å². The summed E-state index contributed by atoms with van der Waals surface area (Å²) in [6.45, 7) is 3.13. The van der Waals surface area contributed by atoms with Gasteiger partial charge in [0.15, 0.2) is 0 Å². The highest BCUT2D eigenvalue weighted by molar-refractivity contribution is 5.47. The lowest BCUT2D eigenvalue weighted by Gasteiger charge is -2.40. The standard InChI is InChI=1S/C14H21NO/c1-2-14(16)13-10-6-7-11-15(13)12-8-4-3-5-9-12/h3-5,8-9,13-14,16H,2,6-7,10-11H2,1H3. The predicted octanol–water partition coefficient (Wildman–Crippen LogP) is 2.82. The molecular weight excluding hydrogens is 198 g/mol. The summed E-state index contributed by atoms with van der Waals surface area (Å²) in [5.74, 6) is 0. The van der Waals surface area contributed by atoms with Crippen LogP contribution >= 0.6 is 0 Å². The van der Waals surface area contributed by atoms with Gasteiger partial charge in [0, 0.05) is 12.2 Å². The van der Waals surface area contributed by atoms with E-state index in [1.807, 2.05) is 6.07 Å². The highest BCUT2D eigenvalue weighted by Crippen LogP contribution is 2.27. The van der Waals surface area contributed by atoms with Crippen LogP contribution in [0.15, 0.2) is 30.3 Å². The second-order valence-corrected chi connectivity index (χ2v) is 4.57. The maximum atomic E-state index is 10.1. The SMILES string of the molecule is CCC(O)C1CCCCN1c1ccccc1. The Hall–Kier alpha value is -1.02. The van der Waals surface area contributed by atoms with E-state index in [1.54, 1.807) is 0 Å². The molecule has 0 amide bonds. The third-order valence-corrected chi connectivity index (χ3v) is 3.50. The molecule has 16 heavy (non-hydrogen) atoms. The molecule has 2 atom stereocenters. The molecule has 0 bridgehead atoms. The minimum atomic E-state index is -0.194. The van der Waals surface area contributed by atoms with Gasteiger partial charge in [-0.25, -0.2) is 0 Å². The average molecular weight is 219 g/mol. The van der Waals surface area contributed by atoms with E-state index in [4.69, 9.17) is 0 Å². The smallest absolute Gasteiger partial charge is 0.0740 e. The van der Waals surface area contributed by atoms with Crippen molar-refractivity contribution in [2.45, 2.75) is 44.8 Å². The summed E-state index contributed by atoms with van der Waals surface area (Å²) < 4.78 is 0. The van der Waals surface area contributed by atoms with Crippen molar-refractivity contribution in [2.24, 2.45) is 0 Å². The van der Waals surface area contributed by atoms with E-state index < -0.39 is 0 Å². The number of hydrogen-bond acceptors (Lipinski definition) is 2. The van der Waals surface area contributed by atoms with Gasteiger partial charge in [-0.2, -0.15) is 0 Å². The van der Waals surface area contributed by atoms with E-state index in [9.17, 15) is 5.11 Å². The van der Waals surface area contributed by atoms with Gasteiger partial charge in [0.1, 0.15) is 0 Å². The Morgan fingerprint density at radius 3 is 2.75 bits per heavy atom. The first-order chi connectivity index (χ1) is 7.83. The van der Waals surface area contributed by atoms with Gasteiger partial charge in [0.05, 0.1) is 12.1 Å². The van der Waals surface area contributed by atoms with Crippen LogP contribution in [0.4, 0.5) is 5.69 Å². The zero-order chi connectivity index (χ0) is 11.4. The fourth-order valence-corrected chi connectivity index (χ4v) is 2.57. The van der Waals surface area contributed by atoms with Gasteiger partial charge in [0.25, 0.3) is 0 Å². The normalized spacial score (nSPS) is 23.1. The first-order valence-corrected chi connectivity index (χ1v) is 6.32. The summed E-state index contributed by atoms with van der Waals surface area (Å²) >= 11 is 0. The van der Waals surface area contributed by atoms with Crippen LogP contribution < -0.4 is 4.90 Å². The number of anilines is 1. The van der Waals surface area contributed by atoms with Crippen molar-refractivity contribution in [1.29, 1.82) is 0 Å². The summed E-state index contributed by atoms with van der Waals surface area (Å²) in [5.41, 5.74) is 1.25. The van der Waals surface area contributed by atoms with Crippen LogP contribution in [-0.2, 0) is 0 Å². The van der Waals surface area contributed by atoms with Crippen molar-refractivity contribution in [3.05, 3.63) is 30.3 Å². The maximum Gasteiger partial charge on any atom is 0.0740 e. The van der Waals surface area contributed by atoms with Crippen LogP contribution in [0.3, 0.4) is 0 Å². The van der Waals surface area contributed by atoms with Gasteiger partial charge in [-0.1, -0.05) is 25.1 Å². The Bertz CT molecular complexity index is 312. The summed E-state index contributed by atoms with van der Waals surface area (Å²) in [7, 11) is 0. The first kappa shape index (κ1) is 11.5. The van der Waals surface area contributed by atoms with Crippen molar-refractivity contribution < 1.29 is 5.11 Å². The molecule has 1 saturated heterocycles. The van der Waals surface area contributed by atoms with E-state index in [1.165, 1.54) is 18.5 Å². The maximum absolute atomic E-state index is 10.1. The van der Waals surface area contributed by atoms with E-state index in [0.717, 1.165) is 19.4 Å². The number of para-hydroxylation sites is 1. The fourth-order valence-electron chi connectivity index (χ4n) is 2.57. The summed E-state index contributed by atoms with van der Waals surface area (Å²) in [5, 5.41) is 10.1. The van der Waals surface area contributed by atoms with Gasteiger partial charge < -0.3 is 10.0 Å². The van der Waals surface area contributed by atoms with E-state index in [2.05, 4.69) is 36.1 Å². The number of benzene rings is 1. The molecule has 2 rings (SSSR count). The topological polar surface area (TPSA) is 23.5 Å². The highest BCUT2D eigenvalue weighted by Gasteiger charge is 2.27. The van der Waals surface area contributed by atoms with Crippen molar-refractivity contribution >= 4 is 5.69 Å². The minimum absolute atomic E-state index is 0.194. The molecule has 0 saturated carbocycles. The summed E-state index contributed by atoms with van der Waals surface area (Å²) in [4.78, 5) is 2.37. The quantitative estimate of drug-likeness (QED) is 0.845. The van der Waals surface area contributed by atoms with Crippen LogP contribution in [-0.4, -0.2) is 23.8 Å². The molecule has 88 valence electrons. The lowest BCUT2D eigenvalue weighted by Crippen LogP contribution is -2.46. The Balaban J connectivity index is 2.16. The predicted molar refractivity (Wildman–Crippen MR) is 67.7 cm³/mol. The Morgan fingerprint density at radius 1 is 1.31 bits per heavy atom. The minimum Gasteiger partial charge on any atom is -0.391 e. The van der Waals surface area contributed by atoms with Crippen molar-refractivity contribution in [1.82, 2.24) is 0 Å². The molecule has 1 aliphatic heterocycles. The molecule has 2 unspecified atom stereocenters. The number of rotatable bonds is 3. The Labute approximate surface area is 97.9 Å². The molecular formula is C14H21NO. The first-order valence-electron chi connectivity index (χ1n) is 6.32. The fraction of sp³-hybridized carbons (Fsp3) is 0.571. The third kappa shape index (κ3) is 2.38. The largest absolute Gasteiger partial charge is 0.391 e. The molecule has 0 spiro atoms. The van der Waals surface area contributed by atoms with Crippen molar-refractivity contribution in [2.75, 3.05) is 11.4 Å². The van der Waals surface area contributed by atoms with Crippen LogP contribution in [0.5, 0.6) is 0 Å². The summed E-state index contributed by atoms with van der Waals surface area (Å²) in [6.07, 6.45) is 4.24. The molecule has 1 N–H and O–H groups in total. The number of hydrogen-bond donors (Lipinski definition) is 1. The molecule has 1 aromatic rings. The second-order valence-electron chi connectivity index (χ2n) is 4.57. The van der Waals surface area contributed by atoms with E-state index in [-0.39, 0.29) is 6.10 Å². The zero-order valence-corrected chi connectivity index (χ0v) is 9.97. The van der Waals surface area contributed by atoms with Gasteiger partial charge in [-0.3, -0.25) is 0 Å². The zero-order valence-electron chi connectivity index (χ0n) is 9.97. The number of nitrogens with zero attached hydrogens (tertiary/aromatic N) is 1. The molecule has 0 aliphatic carbocycles. The van der Waals surface area contributed by atoms with Crippen LogP contribution in [0.2, 0.25) is 0 Å². The van der Waals surface area contributed by atoms with Crippen LogP contribution in [0.1, 0.15) is 32.6 Å². The van der Waals surface area contributed by atoms with Crippen LogP contribution in [0, 0.1) is 0 Å². The third-order valence-electron chi connectivity index (χ3n) is 3.50. The van der Waals surface area contributed by atoms with Gasteiger partial charge in [-0.05, 0) is 37.8 Å². The molecule has 2 nitrogen and oxygen atoms in total. The van der Waals surface area contributed by atoms with E-state index in [0.29, 0.717) is 6.04 Å². The lowest BCUT2D eigenvalue weighted by atomic mass is 9.95. The monoisotopic (exact) mass is 219 g/mol. The number of aliphatic hydroxyl groups is 1. The van der Waals surface area contributed by atoms with E-state index >= 15 is 0 Å². The molecule has 0 aromatic heterocycles. The molecule has 2 heteroatoms. The molecule has 1 aromatic carbocycles. The Morgan fingerprint density at radius 2 is 2.06 bits per heavy atom. The molecule has 1 heterocycles. The Kier molecular flexibility index (Phi) is 3.83. The molecule has 1 aliphatic rings.